The average Bonchev–Trinajstić information content (AvgIpc) is 3.05. The molecule has 114 valence electrons. The van der Waals surface area contributed by atoms with Gasteiger partial charge in [-0.25, -0.2) is 0 Å². The Morgan fingerprint density at radius 2 is 1.81 bits per heavy atom. The average molecular weight is 288 g/mol. The molecule has 4 rings (SSSR count). The summed E-state index contributed by atoms with van der Waals surface area (Å²) in [6.07, 6.45) is 5.27. The predicted octanol–water partition coefficient (Wildman–Crippen LogP) is 2.92. The Labute approximate surface area is 126 Å². The van der Waals surface area contributed by atoms with E-state index >= 15 is 0 Å². The second-order valence-electron chi connectivity index (χ2n) is 7.39. The van der Waals surface area contributed by atoms with Gasteiger partial charge in [-0.15, -0.1) is 0 Å². The predicted molar refractivity (Wildman–Crippen MR) is 83.2 cm³/mol. The fourth-order valence-electron chi connectivity index (χ4n) is 4.29. The summed E-state index contributed by atoms with van der Waals surface area (Å²) in [6, 6.07) is 6.33. The number of rotatable bonds is 1. The minimum atomic E-state index is 0.138. The first kappa shape index (κ1) is 13.3. The number of hydrogen-bond donors (Lipinski definition) is 1. The van der Waals surface area contributed by atoms with Gasteiger partial charge in [-0.3, -0.25) is 0 Å². The van der Waals surface area contributed by atoms with Crippen molar-refractivity contribution in [2.24, 2.45) is 0 Å². The zero-order valence-corrected chi connectivity index (χ0v) is 12.9. The van der Waals surface area contributed by atoms with Crippen molar-refractivity contribution in [1.82, 2.24) is 5.32 Å². The molecule has 4 heteroatoms. The fourth-order valence-corrected chi connectivity index (χ4v) is 4.29. The van der Waals surface area contributed by atoms with E-state index in [4.69, 9.17) is 9.47 Å². The molecule has 0 radical (unpaired) electrons. The Bertz CT molecular complexity index is 550. The van der Waals surface area contributed by atoms with E-state index in [1.54, 1.807) is 0 Å². The van der Waals surface area contributed by atoms with Gasteiger partial charge in [0.05, 0.1) is 0 Å². The van der Waals surface area contributed by atoms with Crippen LogP contribution in [0.3, 0.4) is 0 Å². The van der Waals surface area contributed by atoms with E-state index in [1.165, 1.54) is 31.4 Å². The molecule has 2 fully saturated rings. The number of ether oxygens (including phenoxy) is 2. The van der Waals surface area contributed by atoms with E-state index in [2.05, 4.69) is 36.2 Å². The van der Waals surface area contributed by atoms with Gasteiger partial charge in [0, 0.05) is 35.9 Å². The molecule has 4 nitrogen and oxygen atoms in total. The zero-order chi connectivity index (χ0) is 14.5. The molecular weight excluding hydrogens is 264 g/mol. The summed E-state index contributed by atoms with van der Waals surface area (Å²) in [5.41, 5.74) is 1.68. The van der Waals surface area contributed by atoms with E-state index < -0.39 is 0 Å². The quantitative estimate of drug-likeness (QED) is 0.861. The van der Waals surface area contributed by atoms with Gasteiger partial charge in [0.1, 0.15) is 0 Å². The van der Waals surface area contributed by atoms with Crippen molar-refractivity contribution in [3.8, 4) is 11.5 Å². The number of nitrogens with one attached hydrogen (secondary N) is 1. The van der Waals surface area contributed by atoms with Crippen molar-refractivity contribution in [3.63, 3.8) is 0 Å². The van der Waals surface area contributed by atoms with Gasteiger partial charge in [-0.2, -0.15) is 0 Å². The van der Waals surface area contributed by atoms with E-state index in [0.717, 1.165) is 24.6 Å². The largest absolute Gasteiger partial charge is 0.454 e. The van der Waals surface area contributed by atoms with Crippen LogP contribution in [0.2, 0.25) is 0 Å². The van der Waals surface area contributed by atoms with Crippen LogP contribution in [0, 0.1) is 0 Å². The summed E-state index contributed by atoms with van der Waals surface area (Å²) in [4.78, 5) is 2.52. The standard InChI is InChI=1S/C17H24N2O2/c1-16(2)10-19(11-17(18-16)7-3-4-8-17)13-5-6-14-15(9-13)21-12-20-14/h5-6,9,18H,3-4,7-8,10-12H2,1-2H3. The molecule has 3 aliphatic rings. The van der Waals surface area contributed by atoms with Crippen molar-refractivity contribution < 1.29 is 9.47 Å². The van der Waals surface area contributed by atoms with Crippen LogP contribution >= 0.6 is 0 Å². The summed E-state index contributed by atoms with van der Waals surface area (Å²) < 4.78 is 11.0. The van der Waals surface area contributed by atoms with Gasteiger partial charge in [0.25, 0.3) is 0 Å². The van der Waals surface area contributed by atoms with Crippen LogP contribution in [0.4, 0.5) is 5.69 Å². The minimum absolute atomic E-state index is 0.138. The van der Waals surface area contributed by atoms with Gasteiger partial charge >= 0.3 is 0 Å². The molecule has 1 aliphatic carbocycles. The lowest BCUT2D eigenvalue weighted by Gasteiger charge is -2.50. The van der Waals surface area contributed by atoms with Gasteiger partial charge in [-0.05, 0) is 38.8 Å². The van der Waals surface area contributed by atoms with E-state index in [9.17, 15) is 0 Å². The monoisotopic (exact) mass is 288 g/mol. The highest BCUT2D eigenvalue weighted by Gasteiger charge is 2.44. The summed E-state index contributed by atoms with van der Waals surface area (Å²) >= 11 is 0. The van der Waals surface area contributed by atoms with Crippen molar-refractivity contribution in [1.29, 1.82) is 0 Å². The molecule has 1 aromatic carbocycles. The number of piperazine rings is 1. The summed E-state index contributed by atoms with van der Waals surface area (Å²) in [5.74, 6) is 1.74. The van der Waals surface area contributed by atoms with Gasteiger partial charge < -0.3 is 19.7 Å². The van der Waals surface area contributed by atoms with Crippen molar-refractivity contribution in [3.05, 3.63) is 18.2 Å². The topological polar surface area (TPSA) is 33.7 Å². The molecule has 1 saturated carbocycles. The third-order valence-electron chi connectivity index (χ3n) is 4.97. The first-order valence-corrected chi connectivity index (χ1v) is 7.99. The van der Waals surface area contributed by atoms with Crippen LogP contribution < -0.4 is 19.7 Å². The van der Waals surface area contributed by atoms with Crippen LogP contribution in [0.25, 0.3) is 0 Å². The molecule has 21 heavy (non-hydrogen) atoms. The molecule has 2 aliphatic heterocycles. The molecular formula is C17H24N2O2. The molecule has 1 aromatic rings. The Hall–Kier alpha value is -1.42. The Kier molecular flexibility index (Phi) is 2.86. The van der Waals surface area contributed by atoms with Crippen LogP contribution in [0.1, 0.15) is 39.5 Å². The van der Waals surface area contributed by atoms with Crippen LogP contribution in [0.5, 0.6) is 11.5 Å². The van der Waals surface area contributed by atoms with Crippen molar-refractivity contribution >= 4 is 5.69 Å². The maximum absolute atomic E-state index is 5.53. The second-order valence-corrected chi connectivity index (χ2v) is 7.39. The second kappa shape index (κ2) is 4.54. The van der Waals surface area contributed by atoms with Crippen molar-refractivity contribution in [2.45, 2.75) is 50.6 Å². The molecule has 1 saturated heterocycles. The Morgan fingerprint density at radius 1 is 1.05 bits per heavy atom. The smallest absolute Gasteiger partial charge is 0.231 e. The Morgan fingerprint density at radius 3 is 2.62 bits per heavy atom. The molecule has 2 heterocycles. The third-order valence-corrected chi connectivity index (χ3v) is 4.97. The number of nitrogens with zero attached hydrogens (tertiary/aromatic N) is 1. The van der Waals surface area contributed by atoms with E-state index in [1.807, 2.05) is 6.07 Å². The lowest BCUT2D eigenvalue weighted by atomic mass is 9.87. The number of benzene rings is 1. The van der Waals surface area contributed by atoms with Gasteiger partial charge in [-0.1, -0.05) is 12.8 Å². The lowest BCUT2D eigenvalue weighted by molar-refractivity contribution is 0.174. The molecule has 1 N–H and O–H groups in total. The van der Waals surface area contributed by atoms with Crippen LogP contribution in [0.15, 0.2) is 18.2 Å². The third kappa shape index (κ3) is 2.35. The van der Waals surface area contributed by atoms with Gasteiger partial charge in [0.2, 0.25) is 6.79 Å². The number of hydrogen-bond acceptors (Lipinski definition) is 4. The maximum atomic E-state index is 5.53. The van der Waals surface area contributed by atoms with Crippen LogP contribution in [-0.4, -0.2) is 31.0 Å². The Balaban J connectivity index is 1.64. The van der Waals surface area contributed by atoms with E-state index in [-0.39, 0.29) is 11.1 Å². The summed E-state index contributed by atoms with van der Waals surface area (Å²) in [7, 11) is 0. The first-order valence-electron chi connectivity index (χ1n) is 7.99. The highest BCUT2D eigenvalue weighted by atomic mass is 16.7. The fraction of sp³-hybridized carbons (Fsp3) is 0.647. The number of anilines is 1. The molecule has 0 atom stereocenters. The normalized spacial score (nSPS) is 25.5. The number of fused-ring (bicyclic) bond motifs is 1. The lowest BCUT2D eigenvalue weighted by Crippen LogP contribution is -2.68. The maximum Gasteiger partial charge on any atom is 0.231 e. The molecule has 0 bridgehead atoms. The molecule has 1 spiro atoms. The summed E-state index contributed by atoms with van der Waals surface area (Å²) in [5, 5.41) is 3.92. The van der Waals surface area contributed by atoms with Gasteiger partial charge in [0.15, 0.2) is 11.5 Å². The van der Waals surface area contributed by atoms with Crippen molar-refractivity contribution in [2.75, 3.05) is 24.8 Å². The van der Waals surface area contributed by atoms with Crippen LogP contribution in [-0.2, 0) is 0 Å². The molecule has 0 aromatic heterocycles. The minimum Gasteiger partial charge on any atom is -0.454 e. The molecule has 0 unspecified atom stereocenters. The first-order chi connectivity index (χ1) is 10.1. The zero-order valence-electron chi connectivity index (χ0n) is 12.9. The van der Waals surface area contributed by atoms with E-state index in [0.29, 0.717) is 6.79 Å². The summed E-state index contributed by atoms with van der Waals surface area (Å²) in [6.45, 7) is 7.08. The molecule has 0 amide bonds. The highest BCUT2D eigenvalue weighted by molar-refractivity contribution is 5.58. The SMILES string of the molecule is CC1(C)CN(c2ccc3c(c2)OCO3)CC2(CCCC2)N1. The highest BCUT2D eigenvalue weighted by Crippen LogP contribution is 2.40.